The van der Waals surface area contributed by atoms with Crippen LogP contribution in [-0.2, 0) is 16.0 Å². The minimum atomic E-state index is -0.597. The summed E-state index contributed by atoms with van der Waals surface area (Å²) < 4.78 is 5.33. The highest BCUT2D eigenvalue weighted by Gasteiger charge is 2.37. The van der Waals surface area contributed by atoms with E-state index in [4.69, 9.17) is 16.3 Å². The van der Waals surface area contributed by atoms with Crippen LogP contribution in [0.2, 0.25) is 5.02 Å². The van der Waals surface area contributed by atoms with Crippen molar-refractivity contribution >= 4 is 23.6 Å². The van der Waals surface area contributed by atoms with E-state index in [1.807, 2.05) is 63.8 Å². The van der Waals surface area contributed by atoms with Crippen molar-refractivity contribution in [1.29, 1.82) is 0 Å². The summed E-state index contributed by atoms with van der Waals surface area (Å²) in [7, 11) is 0. The lowest BCUT2D eigenvalue weighted by atomic mass is 9.91. The van der Waals surface area contributed by atoms with Crippen LogP contribution in [0.1, 0.15) is 47.1 Å². The van der Waals surface area contributed by atoms with Crippen molar-refractivity contribution in [3.8, 4) is 0 Å². The van der Waals surface area contributed by atoms with Gasteiger partial charge in [-0.3, -0.25) is 4.79 Å². The van der Waals surface area contributed by atoms with E-state index >= 15 is 0 Å². The number of nitrogens with one attached hydrogen (secondary N) is 1. The number of benzene rings is 1. The summed E-state index contributed by atoms with van der Waals surface area (Å²) in [5.41, 5.74) is 0.628. The Bertz CT molecular complexity index is 682. The van der Waals surface area contributed by atoms with Gasteiger partial charge in [0, 0.05) is 18.1 Å². The lowest BCUT2D eigenvalue weighted by Crippen LogP contribution is -2.51. The SMILES string of the molecule is CC(C)[C@H](NC(=O)OC(C)(C)C)C(=O)N1C[C@H](Cc2ccc(Cl)cc2)[C@@H](C)C1. The Balaban J connectivity index is 2.01. The van der Waals surface area contributed by atoms with Gasteiger partial charge in [0.05, 0.1) is 0 Å². The number of alkyl carbamates (subject to hydrolysis) is 1. The molecule has 1 aromatic rings. The molecule has 0 bridgehead atoms. The molecule has 1 aliphatic rings. The zero-order valence-corrected chi connectivity index (χ0v) is 18.5. The molecule has 5 nitrogen and oxygen atoms in total. The van der Waals surface area contributed by atoms with E-state index in [2.05, 4.69) is 12.2 Å². The maximum atomic E-state index is 13.1. The molecule has 156 valence electrons. The van der Waals surface area contributed by atoms with Gasteiger partial charge in [0.15, 0.2) is 0 Å². The number of likely N-dealkylation sites (tertiary alicyclic amines) is 1. The van der Waals surface area contributed by atoms with Gasteiger partial charge in [0.2, 0.25) is 5.91 Å². The first-order chi connectivity index (χ1) is 13.0. The Morgan fingerprint density at radius 1 is 1.21 bits per heavy atom. The minimum Gasteiger partial charge on any atom is -0.444 e. The van der Waals surface area contributed by atoms with Gasteiger partial charge in [0.1, 0.15) is 11.6 Å². The van der Waals surface area contributed by atoms with Gasteiger partial charge in [-0.2, -0.15) is 0 Å². The van der Waals surface area contributed by atoms with Gasteiger partial charge in [0.25, 0.3) is 0 Å². The van der Waals surface area contributed by atoms with Crippen LogP contribution in [0.5, 0.6) is 0 Å². The quantitative estimate of drug-likeness (QED) is 0.778. The van der Waals surface area contributed by atoms with Crippen LogP contribution in [0.3, 0.4) is 0 Å². The first kappa shape index (κ1) is 22.5. The number of amides is 2. The fraction of sp³-hybridized carbons (Fsp3) is 0.636. The van der Waals surface area contributed by atoms with E-state index in [1.165, 1.54) is 5.56 Å². The molecule has 0 aliphatic carbocycles. The van der Waals surface area contributed by atoms with Crippen molar-refractivity contribution in [2.75, 3.05) is 13.1 Å². The summed E-state index contributed by atoms with van der Waals surface area (Å²) in [6.45, 7) is 12.9. The van der Waals surface area contributed by atoms with Crippen molar-refractivity contribution in [2.24, 2.45) is 17.8 Å². The van der Waals surface area contributed by atoms with Crippen molar-refractivity contribution in [1.82, 2.24) is 10.2 Å². The predicted octanol–water partition coefficient (Wildman–Crippen LogP) is 4.53. The normalized spacial score (nSPS) is 20.9. The molecule has 1 aromatic carbocycles. The van der Waals surface area contributed by atoms with Gasteiger partial charge in [-0.15, -0.1) is 0 Å². The summed E-state index contributed by atoms with van der Waals surface area (Å²) in [6, 6.07) is 7.30. The lowest BCUT2D eigenvalue weighted by molar-refractivity contribution is -0.133. The summed E-state index contributed by atoms with van der Waals surface area (Å²) in [5.74, 6) is 0.727. The first-order valence-electron chi connectivity index (χ1n) is 9.99. The van der Waals surface area contributed by atoms with Crippen molar-refractivity contribution in [3.05, 3.63) is 34.9 Å². The highest BCUT2D eigenvalue weighted by Crippen LogP contribution is 2.28. The monoisotopic (exact) mass is 408 g/mol. The third-order valence-electron chi connectivity index (χ3n) is 5.10. The molecule has 2 amide bonds. The maximum absolute atomic E-state index is 13.1. The second-order valence-electron chi connectivity index (χ2n) is 9.18. The Hall–Kier alpha value is -1.75. The molecule has 0 radical (unpaired) electrons. The summed E-state index contributed by atoms with van der Waals surface area (Å²) >= 11 is 5.97. The molecule has 3 atom stereocenters. The average Bonchev–Trinajstić information content (AvgIpc) is 2.93. The van der Waals surface area contributed by atoms with Crippen molar-refractivity contribution in [3.63, 3.8) is 0 Å². The number of carbonyl (C=O) groups is 2. The number of ether oxygens (including phenoxy) is 1. The molecule has 28 heavy (non-hydrogen) atoms. The second kappa shape index (κ2) is 9.17. The smallest absolute Gasteiger partial charge is 0.408 e. The molecule has 0 spiro atoms. The van der Waals surface area contributed by atoms with E-state index in [0.717, 1.165) is 11.4 Å². The second-order valence-corrected chi connectivity index (χ2v) is 9.62. The molecule has 1 fully saturated rings. The van der Waals surface area contributed by atoms with Crippen molar-refractivity contribution < 1.29 is 14.3 Å². The summed E-state index contributed by atoms with van der Waals surface area (Å²) in [5, 5.41) is 3.50. The topological polar surface area (TPSA) is 58.6 Å². The third-order valence-corrected chi connectivity index (χ3v) is 5.35. The Kier molecular flexibility index (Phi) is 7.38. The van der Waals surface area contributed by atoms with Crippen LogP contribution in [-0.4, -0.2) is 41.6 Å². The minimum absolute atomic E-state index is 0.0226. The number of rotatable bonds is 5. The zero-order valence-electron chi connectivity index (χ0n) is 17.8. The zero-order chi connectivity index (χ0) is 21.1. The van der Waals surface area contributed by atoms with Crippen LogP contribution < -0.4 is 5.32 Å². The highest BCUT2D eigenvalue weighted by molar-refractivity contribution is 6.30. The Morgan fingerprint density at radius 2 is 1.82 bits per heavy atom. The Labute approximate surface area is 173 Å². The van der Waals surface area contributed by atoms with E-state index < -0.39 is 17.7 Å². The van der Waals surface area contributed by atoms with Crippen LogP contribution in [0.4, 0.5) is 4.79 Å². The fourth-order valence-corrected chi connectivity index (χ4v) is 3.67. The summed E-state index contributed by atoms with van der Waals surface area (Å²) in [4.78, 5) is 27.2. The van der Waals surface area contributed by atoms with Gasteiger partial charge in [-0.1, -0.05) is 44.5 Å². The number of hydrogen-bond acceptors (Lipinski definition) is 3. The molecular formula is C22H33ClN2O3. The number of halogens is 1. The molecule has 1 heterocycles. The Morgan fingerprint density at radius 3 is 2.36 bits per heavy atom. The fourth-order valence-electron chi connectivity index (χ4n) is 3.55. The maximum Gasteiger partial charge on any atom is 0.408 e. The average molecular weight is 409 g/mol. The van der Waals surface area contributed by atoms with Gasteiger partial charge < -0.3 is 15.0 Å². The molecule has 1 aliphatic heterocycles. The molecule has 0 saturated carbocycles. The van der Waals surface area contributed by atoms with E-state index in [0.29, 0.717) is 24.9 Å². The predicted molar refractivity (Wildman–Crippen MR) is 112 cm³/mol. The van der Waals surface area contributed by atoms with Crippen molar-refractivity contribution in [2.45, 2.75) is 59.6 Å². The molecule has 0 aromatic heterocycles. The van der Waals surface area contributed by atoms with Gasteiger partial charge in [-0.05, 0) is 62.6 Å². The van der Waals surface area contributed by atoms with Crippen LogP contribution in [0.15, 0.2) is 24.3 Å². The number of carbonyl (C=O) groups excluding carboxylic acids is 2. The van der Waals surface area contributed by atoms with E-state index in [-0.39, 0.29) is 11.8 Å². The van der Waals surface area contributed by atoms with Crippen LogP contribution in [0.25, 0.3) is 0 Å². The third kappa shape index (κ3) is 6.40. The van der Waals surface area contributed by atoms with Crippen LogP contribution in [0, 0.1) is 17.8 Å². The van der Waals surface area contributed by atoms with Gasteiger partial charge in [-0.25, -0.2) is 4.79 Å². The summed E-state index contributed by atoms with van der Waals surface area (Å²) in [6.07, 6.45) is 0.359. The molecule has 1 N–H and O–H groups in total. The number of nitrogens with zero attached hydrogens (tertiary/aromatic N) is 1. The molecular weight excluding hydrogens is 376 g/mol. The molecule has 2 rings (SSSR count). The molecule has 6 heteroatoms. The number of hydrogen-bond donors (Lipinski definition) is 1. The highest BCUT2D eigenvalue weighted by atomic mass is 35.5. The van der Waals surface area contributed by atoms with Gasteiger partial charge >= 0.3 is 6.09 Å². The van der Waals surface area contributed by atoms with Crippen LogP contribution >= 0.6 is 11.6 Å². The van der Waals surface area contributed by atoms with E-state index in [1.54, 1.807) is 0 Å². The molecule has 0 unspecified atom stereocenters. The molecule has 1 saturated heterocycles. The first-order valence-corrected chi connectivity index (χ1v) is 10.4. The lowest BCUT2D eigenvalue weighted by Gasteiger charge is -2.28. The largest absolute Gasteiger partial charge is 0.444 e. The standard InChI is InChI=1S/C22H33ClN2O3/c1-14(2)19(24-21(27)28-22(4,5)6)20(26)25-12-15(3)17(13-25)11-16-7-9-18(23)10-8-16/h7-10,14-15,17,19H,11-13H2,1-6H3,(H,24,27)/t15-,17-,19-/m0/s1. The van der Waals surface area contributed by atoms with E-state index in [9.17, 15) is 9.59 Å².